The number of hydrogen-bond donors (Lipinski definition) is 0. The molecule has 0 aromatic heterocycles. The predicted octanol–water partition coefficient (Wildman–Crippen LogP) is 4.57. The molecule has 0 aromatic carbocycles. The third-order valence-corrected chi connectivity index (χ3v) is 4.69. The van der Waals surface area contributed by atoms with Gasteiger partial charge >= 0.3 is 0 Å². The van der Waals surface area contributed by atoms with Crippen molar-refractivity contribution in [2.45, 2.75) is 52.9 Å². The van der Waals surface area contributed by atoms with Gasteiger partial charge in [0.25, 0.3) is 0 Å². The average molecular weight is 214 g/mol. The van der Waals surface area contributed by atoms with Crippen LogP contribution in [0.1, 0.15) is 52.9 Å². The molecule has 0 bridgehead atoms. The SMILES string of the molecule is C=[PH](CC)CCCC/C(C)=C/CCC. The van der Waals surface area contributed by atoms with Crippen LogP contribution in [0.4, 0.5) is 0 Å². The van der Waals surface area contributed by atoms with Crippen molar-refractivity contribution in [3.05, 3.63) is 11.6 Å². The maximum Gasteiger partial charge on any atom is -0.0323 e. The Morgan fingerprint density at radius 3 is 2.57 bits per heavy atom. The molecule has 0 aliphatic carbocycles. The number of allylic oxidation sites excluding steroid dienone is 2. The highest BCUT2D eigenvalue weighted by molar-refractivity contribution is 7.55. The summed E-state index contributed by atoms with van der Waals surface area (Å²) in [4.78, 5) is 0. The van der Waals surface area contributed by atoms with Gasteiger partial charge in [-0.3, -0.25) is 0 Å². The maximum absolute atomic E-state index is 4.21. The summed E-state index contributed by atoms with van der Waals surface area (Å²) in [6.07, 6.45) is 15.9. The van der Waals surface area contributed by atoms with Crippen molar-refractivity contribution in [1.82, 2.24) is 0 Å². The molecule has 0 amide bonds. The molecule has 1 atom stereocenters. The van der Waals surface area contributed by atoms with Gasteiger partial charge in [0.2, 0.25) is 0 Å². The second-order valence-corrected chi connectivity index (χ2v) is 6.86. The number of rotatable bonds is 8. The van der Waals surface area contributed by atoms with Crippen LogP contribution in [0.2, 0.25) is 0 Å². The van der Waals surface area contributed by atoms with Crippen molar-refractivity contribution in [3.8, 4) is 0 Å². The Morgan fingerprint density at radius 2 is 2.00 bits per heavy atom. The van der Waals surface area contributed by atoms with E-state index in [2.05, 4.69) is 33.1 Å². The van der Waals surface area contributed by atoms with Crippen LogP contribution in [0.3, 0.4) is 0 Å². The summed E-state index contributed by atoms with van der Waals surface area (Å²) in [5.41, 5.74) is 1.58. The van der Waals surface area contributed by atoms with Crippen molar-refractivity contribution < 1.29 is 0 Å². The third kappa shape index (κ3) is 8.63. The van der Waals surface area contributed by atoms with E-state index >= 15 is 0 Å². The van der Waals surface area contributed by atoms with Gasteiger partial charge in [-0.15, -0.1) is 13.8 Å². The highest BCUT2D eigenvalue weighted by Gasteiger charge is 1.93. The first-order valence-electron chi connectivity index (χ1n) is 6.03. The first-order chi connectivity index (χ1) is 6.70. The van der Waals surface area contributed by atoms with E-state index in [9.17, 15) is 0 Å². The fraction of sp³-hybridized carbons (Fsp3) is 0.769. The minimum absolute atomic E-state index is 0.213. The molecule has 1 unspecified atom stereocenters. The Balaban J connectivity index is 3.40. The summed E-state index contributed by atoms with van der Waals surface area (Å²) < 4.78 is 0. The van der Waals surface area contributed by atoms with E-state index in [0.717, 1.165) is 0 Å². The molecule has 14 heavy (non-hydrogen) atoms. The number of unbranched alkanes of at least 4 members (excludes halogenated alkanes) is 2. The fourth-order valence-corrected chi connectivity index (χ4v) is 2.55. The summed E-state index contributed by atoms with van der Waals surface area (Å²) >= 11 is 0. The molecule has 0 saturated carbocycles. The zero-order chi connectivity index (χ0) is 10.8. The van der Waals surface area contributed by atoms with Crippen molar-refractivity contribution >= 4 is 13.8 Å². The highest BCUT2D eigenvalue weighted by atomic mass is 31.1. The smallest absolute Gasteiger partial charge is 0.0323 e. The quantitative estimate of drug-likeness (QED) is 0.315. The van der Waals surface area contributed by atoms with E-state index < -0.39 is 0 Å². The van der Waals surface area contributed by atoms with Gasteiger partial charge in [-0.2, -0.15) is 0 Å². The van der Waals surface area contributed by atoms with Gasteiger partial charge in [0.1, 0.15) is 0 Å². The van der Waals surface area contributed by atoms with E-state index in [1.54, 1.807) is 5.57 Å². The Bertz CT molecular complexity index is 180. The number of hydrogen-bond acceptors (Lipinski definition) is 0. The zero-order valence-corrected chi connectivity index (χ0v) is 11.2. The Labute approximate surface area is 91.2 Å². The van der Waals surface area contributed by atoms with Gasteiger partial charge < -0.3 is 0 Å². The first kappa shape index (κ1) is 14.0. The van der Waals surface area contributed by atoms with Gasteiger partial charge in [-0.25, -0.2) is 0 Å². The molecule has 0 N–H and O–H groups in total. The second kappa shape index (κ2) is 9.59. The van der Waals surface area contributed by atoms with Crippen LogP contribution in [0.15, 0.2) is 11.6 Å². The van der Waals surface area contributed by atoms with E-state index in [-0.39, 0.29) is 7.55 Å². The molecular formula is C13H27P. The first-order valence-corrected chi connectivity index (χ1v) is 8.15. The maximum atomic E-state index is 4.21. The molecule has 0 heterocycles. The largest absolute Gasteiger partial charge is 0.125 e. The van der Waals surface area contributed by atoms with Gasteiger partial charge in [0.05, 0.1) is 0 Å². The van der Waals surface area contributed by atoms with Crippen molar-refractivity contribution in [1.29, 1.82) is 0 Å². The lowest BCUT2D eigenvalue weighted by molar-refractivity contribution is 0.785. The molecule has 0 spiro atoms. The van der Waals surface area contributed by atoms with Gasteiger partial charge in [-0.05, 0) is 44.9 Å². The molecule has 0 radical (unpaired) electrons. The third-order valence-electron chi connectivity index (χ3n) is 2.63. The molecule has 0 fully saturated rings. The molecule has 0 rings (SSSR count). The van der Waals surface area contributed by atoms with Crippen LogP contribution in [0, 0.1) is 0 Å². The highest BCUT2D eigenvalue weighted by Crippen LogP contribution is 2.21. The van der Waals surface area contributed by atoms with Crippen LogP contribution in [0.5, 0.6) is 0 Å². The summed E-state index contributed by atoms with van der Waals surface area (Å²) in [6, 6.07) is 0. The van der Waals surface area contributed by atoms with E-state index in [0.29, 0.717) is 0 Å². The summed E-state index contributed by atoms with van der Waals surface area (Å²) in [5.74, 6) is 0. The van der Waals surface area contributed by atoms with Crippen molar-refractivity contribution in [3.63, 3.8) is 0 Å². The lowest BCUT2D eigenvalue weighted by Crippen LogP contribution is -1.84. The van der Waals surface area contributed by atoms with Crippen LogP contribution in [0.25, 0.3) is 0 Å². The minimum Gasteiger partial charge on any atom is -0.125 e. The average Bonchev–Trinajstić information content (AvgIpc) is 2.21. The monoisotopic (exact) mass is 214 g/mol. The molecule has 0 aliphatic heterocycles. The Kier molecular flexibility index (Phi) is 9.62. The molecule has 0 saturated heterocycles. The standard InChI is InChI=1S/C13H27P/c1-5-7-10-13(3)11-8-9-12-14(4)6-2/h10,14H,4-9,11-12H2,1-3H3/b13-10+. The van der Waals surface area contributed by atoms with Gasteiger partial charge in [-0.1, -0.05) is 31.9 Å². The zero-order valence-electron chi connectivity index (χ0n) is 10.2. The van der Waals surface area contributed by atoms with E-state index in [1.807, 2.05) is 0 Å². The fourth-order valence-electron chi connectivity index (χ4n) is 1.45. The summed E-state index contributed by atoms with van der Waals surface area (Å²) in [7, 11) is -0.213. The van der Waals surface area contributed by atoms with Gasteiger partial charge in [0.15, 0.2) is 0 Å². The van der Waals surface area contributed by atoms with Crippen molar-refractivity contribution in [2.75, 3.05) is 12.3 Å². The molecule has 1 heteroatoms. The predicted molar refractivity (Wildman–Crippen MR) is 73.4 cm³/mol. The molecule has 0 aromatic rings. The summed E-state index contributed by atoms with van der Waals surface area (Å²) in [6.45, 7) is 6.78. The molecule has 0 nitrogen and oxygen atoms in total. The topological polar surface area (TPSA) is 0 Å². The lowest BCUT2D eigenvalue weighted by Gasteiger charge is -2.04. The van der Waals surface area contributed by atoms with Crippen molar-refractivity contribution in [2.24, 2.45) is 0 Å². The normalized spacial score (nSPS) is 14.4. The summed E-state index contributed by atoms with van der Waals surface area (Å²) in [5, 5.41) is 0. The van der Waals surface area contributed by atoms with E-state index in [4.69, 9.17) is 0 Å². The molecule has 84 valence electrons. The minimum atomic E-state index is -0.213. The van der Waals surface area contributed by atoms with Crippen LogP contribution in [-0.4, -0.2) is 18.6 Å². The van der Waals surface area contributed by atoms with Crippen LogP contribution >= 0.6 is 7.55 Å². The van der Waals surface area contributed by atoms with Gasteiger partial charge in [0, 0.05) is 0 Å². The molecular weight excluding hydrogens is 187 g/mol. The van der Waals surface area contributed by atoms with Crippen LogP contribution < -0.4 is 0 Å². The Morgan fingerprint density at radius 1 is 1.29 bits per heavy atom. The van der Waals surface area contributed by atoms with E-state index in [1.165, 1.54) is 44.4 Å². The lowest BCUT2D eigenvalue weighted by atomic mass is 10.1. The van der Waals surface area contributed by atoms with Crippen LogP contribution in [-0.2, 0) is 0 Å². The Hall–Kier alpha value is 0.0400. The molecule has 0 aliphatic rings. The second-order valence-electron chi connectivity index (χ2n) is 4.15.